The lowest BCUT2D eigenvalue weighted by atomic mass is 10.00. The molecule has 0 aliphatic carbocycles. The first-order valence-corrected chi connectivity index (χ1v) is 9.93. The smallest absolute Gasteiger partial charge is 0.322 e. The molecule has 1 unspecified atom stereocenters. The van der Waals surface area contributed by atoms with Gasteiger partial charge in [-0.05, 0) is 31.7 Å². The van der Waals surface area contributed by atoms with Crippen LogP contribution >= 0.6 is 0 Å². The van der Waals surface area contributed by atoms with E-state index in [1.165, 1.54) is 18.2 Å². The minimum Gasteiger partial charge on any atom is -0.322 e. The van der Waals surface area contributed by atoms with Crippen molar-refractivity contribution in [3.05, 3.63) is 34.4 Å². The predicted molar refractivity (Wildman–Crippen MR) is 93.9 cm³/mol. The van der Waals surface area contributed by atoms with Gasteiger partial charge in [-0.15, -0.1) is 0 Å². The van der Waals surface area contributed by atoms with E-state index in [2.05, 4.69) is 10.0 Å². The SMILES string of the molecule is CS(=O)(=O)NCCC1CCCCN1C(=O)Nc1ccccc1[N+](=O)[O-]. The molecule has 0 bridgehead atoms. The van der Waals surface area contributed by atoms with Crippen LogP contribution in [0.4, 0.5) is 16.2 Å². The fraction of sp³-hybridized carbons (Fsp3) is 0.533. The number of anilines is 1. The quantitative estimate of drug-likeness (QED) is 0.585. The standard InChI is InChI=1S/C15H22N4O5S/c1-25(23,24)16-10-9-12-6-4-5-11-18(12)15(20)17-13-7-2-3-8-14(13)19(21)22/h2-3,7-8,12,16H,4-6,9-11H2,1H3,(H,17,20). The molecule has 1 aliphatic rings. The van der Waals surface area contributed by atoms with E-state index in [4.69, 9.17) is 0 Å². The minimum atomic E-state index is -3.27. The van der Waals surface area contributed by atoms with E-state index in [1.54, 1.807) is 11.0 Å². The molecule has 0 spiro atoms. The van der Waals surface area contributed by atoms with Crippen molar-refractivity contribution >= 4 is 27.4 Å². The number of para-hydroxylation sites is 2. The number of carbonyl (C=O) groups excluding carboxylic acids is 1. The van der Waals surface area contributed by atoms with Crippen molar-refractivity contribution in [3.63, 3.8) is 0 Å². The molecule has 10 heteroatoms. The third-order valence-electron chi connectivity index (χ3n) is 4.07. The number of hydrogen-bond acceptors (Lipinski definition) is 5. The van der Waals surface area contributed by atoms with Gasteiger partial charge < -0.3 is 10.2 Å². The van der Waals surface area contributed by atoms with Crippen LogP contribution in [0.3, 0.4) is 0 Å². The molecule has 0 aromatic heterocycles. The average molecular weight is 370 g/mol. The van der Waals surface area contributed by atoms with E-state index in [9.17, 15) is 23.3 Å². The third kappa shape index (κ3) is 5.68. The van der Waals surface area contributed by atoms with E-state index < -0.39 is 21.0 Å². The Morgan fingerprint density at radius 1 is 1.36 bits per heavy atom. The zero-order valence-corrected chi connectivity index (χ0v) is 14.8. The maximum atomic E-state index is 12.6. The van der Waals surface area contributed by atoms with E-state index in [0.29, 0.717) is 13.0 Å². The molecule has 2 N–H and O–H groups in total. The summed E-state index contributed by atoms with van der Waals surface area (Å²) in [6.45, 7) is 0.786. The number of carbonyl (C=O) groups is 1. The van der Waals surface area contributed by atoms with E-state index in [-0.39, 0.29) is 24.0 Å². The van der Waals surface area contributed by atoms with Gasteiger partial charge in [0.05, 0.1) is 11.2 Å². The molecule has 1 heterocycles. The zero-order chi connectivity index (χ0) is 18.4. The molecule has 1 aliphatic heterocycles. The van der Waals surface area contributed by atoms with E-state index >= 15 is 0 Å². The Bertz CT molecular complexity index is 737. The van der Waals surface area contributed by atoms with Crippen LogP contribution in [0.1, 0.15) is 25.7 Å². The van der Waals surface area contributed by atoms with Gasteiger partial charge in [-0.1, -0.05) is 12.1 Å². The Balaban J connectivity index is 2.04. The lowest BCUT2D eigenvalue weighted by molar-refractivity contribution is -0.383. The van der Waals surface area contributed by atoms with Gasteiger partial charge in [-0.2, -0.15) is 0 Å². The van der Waals surface area contributed by atoms with Crippen LogP contribution in [0.15, 0.2) is 24.3 Å². The lowest BCUT2D eigenvalue weighted by Crippen LogP contribution is -2.47. The number of sulfonamides is 1. The van der Waals surface area contributed by atoms with Crippen molar-refractivity contribution in [3.8, 4) is 0 Å². The molecule has 1 saturated heterocycles. The van der Waals surface area contributed by atoms with Gasteiger partial charge >= 0.3 is 6.03 Å². The molecule has 1 aromatic carbocycles. The van der Waals surface area contributed by atoms with E-state index in [1.807, 2.05) is 0 Å². The number of amides is 2. The van der Waals surface area contributed by atoms with Crippen LogP contribution in [0.25, 0.3) is 0 Å². The zero-order valence-electron chi connectivity index (χ0n) is 14.0. The molecule has 2 rings (SSSR count). The highest BCUT2D eigenvalue weighted by Crippen LogP contribution is 2.25. The number of urea groups is 1. The molecule has 1 atom stereocenters. The van der Waals surface area contributed by atoms with Crippen molar-refractivity contribution in [2.45, 2.75) is 31.7 Å². The summed E-state index contributed by atoms with van der Waals surface area (Å²) in [6.07, 6.45) is 4.17. The van der Waals surface area contributed by atoms with Gasteiger partial charge in [-0.3, -0.25) is 10.1 Å². The number of nitro groups is 1. The second-order valence-corrected chi connectivity index (χ2v) is 7.84. The number of rotatable bonds is 6. The van der Waals surface area contributed by atoms with Gasteiger partial charge in [0.2, 0.25) is 10.0 Å². The molecule has 138 valence electrons. The molecule has 1 fully saturated rings. The van der Waals surface area contributed by atoms with Gasteiger partial charge in [0.1, 0.15) is 5.69 Å². The first kappa shape index (κ1) is 19.1. The summed E-state index contributed by atoms with van der Waals surface area (Å²) in [7, 11) is -3.27. The van der Waals surface area contributed by atoms with Crippen LogP contribution in [-0.4, -0.2) is 49.7 Å². The number of likely N-dealkylation sites (tertiary alicyclic amines) is 1. The molecular formula is C15H22N4O5S. The number of nitro benzene ring substituents is 1. The fourth-order valence-electron chi connectivity index (χ4n) is 2.90. The van der Waals surface area contributed by atoms with Crippen molar-refractivity contribution in [2.75, 3.05) is 24.7 Å². The summed E-state index contributed by atoms with van der Waals surface area (Å²) in [6, 6.07) is 5.46. The van der Waals surface area contributed by atoms with Gasteiger partial charge in [-0.25, -0.2) is 17.9 Å². The Hall–Kier alpha value is -2.20. The molecule has 0 saturated carbocycles. The molecule has 9 nitrogen and oxygen atoms in total. The monoisotopic (exact) mass is 370 g/mol. The van der Waals surface area contributed by atoms with Crippen LogP contribution < -0.4 is 10.0 Å². The third-order valence-corrected chi connectivity index (χ3v) is 4.80. The van der Waals surface area contributed by atoms with Crippen molar-refractivity contribution in [2.24, 2.45) is 0 Å². The van der Waals surface area contributed by atoms with Crippen LogP contribution in [0.2, 0.25) is 0 Å². The van der Waals surface area contributed by atoms with Crippen LogP contribution in [0.5, 0.6) is 0 Å². The molecule has 0 radical (unpaired) electrons. The summed E-state index contributed by atoms with van der Waals surface area (Å²) in [4.78, 5) is 24.7. The minimum absolute atomic E-state index is 0.106. The summed E-state index contributed by atoms with van der Waals surface area (Å²) in [5, 5.41) is 13.7. The highest BCUT2D eigenvalue weighted by Gasteiger charge is 2.28. The van der Waals surface area contributed by atoms with E-state index in [0.717, 1.165) is 25.5 Å². The number of nitrogens with zero attached hydrogens (tertiary/aromatic N) is 2. The molecular weight excluding hydrogens is 348 g/mol. The Kier molecular flexibility index (Phi) is 6.32. The Morgan fingerprint density at radius 3 is 2.76 bits per heavy atom. The summed E-state index contributed by atoms with van der Waals surface area (Å²) >= 11 is 0. The first-order chi connectivity index (χ1) is 11.8. The van der Waals surface area contributed by atoms with Crippen LogP contribution in [0, 0.1) is 10.1 Å². The fourth-order valence-corrected chi connectivity index (χ4v) is 3.39. The maximum absolute atomic E-state index is 12.6. The highest BCUT2D eigenvalue weighted by atomic mass is 32.2. The Labute approximate surface area is 146 Å². The van der Waals surface area contributed by atoms with Crippen molar-refractivity contribution < 1.29 is 18.1 Å². The molecule has 1 aromatic rings. The lowest BCUT2D eigenvalue weighted by Gasteiger charge is -2.35. The van der Waals surface area contributed by atoms with Gasteiger partial charge in [0.25, 0.3) is 5.69 Å². The number of hydrogen-bond donors (Lipinski definition) is 2. The largest absolute Gasteiger partial charge is 0.322 e. The maximum Gasteiger partial charge on any atom is 0.322 e. The number of benzene rings is 1. The van der Waals surface area contributed by atoms with Crippen LogP contribution in [-0.2, 0) is 10.0 Å². The normalized spacial score (nSPS) is 18.0. The topological polar surface area (TPSA) is 122 Å². The number of piperidine rings is 1. The predicted octanol–water partition coefficient (Wildman–Crippen LogP) is 1.92. The highest BCUT2D eigenvalue weighted by molar-refractivity contribution is 7.88. The summed E-state index contributed by atoms with van der Waals surface area (Å²) < 4.78 is 24.8. The molecule has 25 heavy (non-hydrogen) atoms. The van der Waals surface area contributed by atoms with Crippen molar-refractivity contribution in [1.82, 2.24) is 9.62 Å². The second kappa shape index (κ2) is 8.26. The summed E-state index contributed by atoms with van der Waals surface area (Å²) in [5.74, 6) is 0. The van der Waals surface area contributed by atoms with Crippen molar-refractivity contribution in [1.29, 1.82) is 0 Å². The second-order valence-electron chi connectivity index (χ2n) is 6.00. The average Bonchev–Trinajstić information content (AvgIpc) is 2.54. The van der Waals surface area contributed by atoms with Gasteiger partial charge in [0.15, 0.2) is 0 Å². The summed E-state index contributed by atoms with van der Waals surface area (Å²) in [5.41, 5.74) is -0.0146. The molecule has 2 amide bonds. The first-order valence-electron chi connectivity index (χ1n) is 8.03. The Morgan fingerprint density at radius 2 is 2.08 bits per heavy atom. The van der Waals surface area contributed by atoms with Gasteiger partial charge in [0, 0.05) is 25.2 Å². The number of nitrogens with one attached hydrogen (secondary N) is 2.